The average molecular weight is 403 g/mol. The number of benzene rings is 1. The molecule has 1 aromatic carbocycles. The highest BCUT2D eigenvalue weighted by atomic mass is 35.5. The van der Waals surface area contributed by atoms with E-state index in [0.29, 0.717) is 10.8 Å². The summed E-state index contributed by atoms with van der Waals surface area (Å²) in [4.78, 5) is 27.5. The van der Waals surface area contributed by atoms with Crippen molar-refractivity contribution >= 4 is 49.8 Å². The lowest BCUT2D eigenvalue weighted by atomic mass is 10.2. The Balaban J connectivity index is 2.08. The molecule has 1 aromatic heterocycles. The standard InChI is InChI=1S/C15H15ClN2O5S2/c1-9(19)23-13-6-10(5-11(16)7-13)14(20)18-15-17-12(8-24-15)3-4-25(2,21)22/h5-8H,3-4H2,1-2H3,(H,17,18,20). The number of rotatable bonds is 6. The number of halogens is 1. The van der Waals surface area contributed by atoms with Crippen LogP contribution >= 0.6 is 22.9 Å². The van der Waals surface area contributed by atoms with Gasteiger partial charge in [-0.25, -0.2) is 13.4 Å². The number of ether oxygens (including phenoxy) is 1. The number of carbonyl (C=O) groups excluding carboxylic acids is 2. The van der Waals surface area contributed by atoms with Crippen molar-refractivity contribution in [2.45, 2.75) is 13.3 Å². The number of aromatic nitrogens is 1. The molecule has 0 saturated heterocycles. The Labute approximate surface area is 153 Å². The molecule has 0 unspecified atom stereocenters. The molecule has 2 aromatic rings. The number of amides is 1. The Bertz CT molecular complexity index is 908. The molecule has 1 heterocycles. The lowest BCUT2D eigenvalue weighted by Gasteiger charge is -2.06. The van der Waals surface area contributed by atoms with Crippen molar-refractivity contribution in [1.29, 1.82) is 0 Å². The molecule has 134 valence electrons. The van der Waals surface area contributed by atoms with Gasteiger partial charge in [0, 0.05) is 35.6 Å². The van der Waals surface area contributed by atoms with E-state index in [-0.39, 0.29) is 28.5 Å². The summed E-state index contributed by atoms with van der Waals surface area (Å²) < 4.78 is 27.3. The maximum absolute atomic E-state index is 12.3. The van der Waals surface area contributed by atoms with E-state index in [1.807, 2.05) is 0 Å². The van der Waals surface area contributed by atoms with E-state index in [4.69, 9.17) is 16.3 Å². The molecule has 0 aliphatic carbocycles. The van der Waals surface area contributed by atoms with Gasteiger partial charge in [0.2, 0.25) is 0 Å². The van der Waals surface area contributed by atoms with E-state index in [0.717, 1.165) is 6.26 Å². The summed E-state index contributed by atoms with van der Waals surface area (Å²) in [5.41, 5.74) is 0.786. The van der Waals surface area contributed by atoms with Crippen molar-refractivity contribution in [2.24, 2.45) is 0 Å². The number of sulfone groups is 1. The number of hydrogen-bond acceptors (Lipinski definition) is 7. The average Bonchev–Trinajstić information content (AvgIpc) is 2.90. The number of carbonyl (C=O) groups is 2. The minimum absolute atomic E-state index is 0.00976. The molecule has 1 N–H and O–H groups in total. The molecule has 1 amide bonds. The fourth-order valence-electron chi connectivity index (χ4n) is 1.86. The number of aryl methyl sites for hydroxylation is 1. The molecule has 0 spiro atoms. The molecule has 2 rings (SSSR count). The molecule has 25 heavy (non-hydrogen) atoms. The van der Waals surface area contributed by atoms with Gasteiger partial charge in [-0.1, -0.05) is 11.6 Å². The Morgan fingerprint density at radius 1 is 1.32 bits per heavy atom. The number of nitrogens with one attached hydrogen (secondary N) is 1. The van der Waals surface area contributed by atoms with Gasteiger partial charge < -0.3 is 4.74 Å². The van der Waals surface area contributed by atoms with Gasteiger partial charge in [-0.15, -0.1) is 11.3 Å². The maximum Gasteiger partial charge on any atom is 0.308 e. The highest BCUT2D eigenvalue weighted by molar-refractivity contribution is 7.90. The third-order valence-corrected chi connectivity index (χ3v) is 4.87. The lowest BCUT2D eigenvalue weighted by molar-refractivity contribution is -0.131. The minimum atomic E-state index is -3.08. The van der Waals surface area contributed by atoms with Gasteiger partial charge in [-0.2, -0.15) is 0 Å². The summed E-state index contributed by atoms with van der Waals surface area (Å²) in [6.07, 6.45) is 1.43. The molecule has 0 bridgehead atoms. The predicted octanol–water partition coefficient (Wildman–Crippen LogP) is 2.56. The van der Waals surface area contributed by atoms with E-state index in [1.165, 1.54) is 36.5 Å². The Kier molecular flexibility index (Phi) is 6.15. The monoisotopic (exact) mass is 402 g/mol. The highest BCUT2D eigenvalue weighted by Gasteiger charge is 2.13. The van der Waals surface area contributed by atoms with Crippen molar-refractivity contribution in [3.8, 4) is 5.75 Å². The van der Waals surface area contributed by atoms with Crippen LogP contribution in [0.2, 0.25) is 5.02 Å². The van der Waals surface area contributed by atoms with Gasteiger partial charge >= 0.3 is 5.97 Å². The first-order valence-electron chi connectivity index (χ1n) is 7.05. The number of nitrogens with zero attached hydrogens (tertiary/aromatic N) is 1. The Morgan fingerprint density at radius 2 is 2.04 bits per heavy atom. The second kappa shape index (κ2) is 7.94. The largest absolute Gasteiger partial charge is 0.427 e. The van der Waals surface area contributed by atoms with Crippen LogP contribution in [0.25, 0.3) is 0 Å². The molecule has 10 heteroatoms. The van der Waals surface area contributed by atoms with Gasteiger partial charge in [0.05, 0.1) is 11.4 Å². The second-order valence-corrected chi connectivity index (χ2v) is 8.80. The SMILES string of the molecule is CC(=O)Oc1cc(Cl)cc(C(=O)Nc2nc(CCS(C)(=O)=O)cs2)c1. The zero-order valence-corrected chi connectivity index (χ0v) is 15.8. The lowest BCUT2D eigenvalue weighted by Crippen LogP contribution is -2.12. The third kappa shape index (κ3) is 6.45. The van der Waals surface area contributed by atoms with Crippen molar-refractivity contribution in [1.82, 2.24) is 4.98 Å². The van der Waals surface area contributed by atoms with Crippen LogP contribution in [0.3, 0.4) is 0 Å². The number of esters is 1. The van der Waals surface area contributed by atoms with Gasteiger partial charge in [0.15, 0.2) is 5.13 Å². The van der Waals surface area contributed by atoms with Gasteiger partial charge in [-0.05, 0) is 18.2 Å². The second-order valence-electron chi connectivity index (χ2n) is 5.25. The van der Waals surface area contributed by atoms with Crippen LogP contribution in [0, 0.1) is 0 Å². The first-order valence-corrected chi connectivity index (χ1v) is 10.4. The first kappa shape index (κ1) is 19.4. The summed E-state index contributed by atoms with van der Waals surface area (Å²) >= 11 is 7.11. The third-order valence-electron chi connectivity index (χ3n) is 2.90. The summed E-state index contributed by atoms with van der Waals surface area (Å²) in [7, 11) is -3.08. The van der Waals surface area contributed by atoms with E-state index in [2.05, 4.69) is 10.3 Å². The summed E-state index contributed by atoms with van der Waals surface area (Å²) in [5, 5.41) is 4.87. The smallest absolute Gasteiger partial charge is 0.308 e. The van der Waals surface area contributed by atoms with Crippen molar-refractivity contribution in [2.75, 3.05) is 17.3 Å². The fourth-order valence-corrected chi connectivity index (χ4v) is 3.40. The van der Waals surface area contributed by atoms with Gasteiger partial charge in [-0.3, -0.25) is 14.9 Å². The highest BCUT2D eigenvalue weighted by Crippen LogP contribution is 2.23. The van der Waals surface area contributed by atoms with Crippen LogP contribution in [-0.4, -0.2) is 37.3 Å². The van der Waals surface area contributed by atoms with Crippen LogP contribution in [0.5, 0.6) is 5.75 Å². The van der Waals surface area contributed by atoms with E-state index >= 15 is 0 Å². The predicted molar refractivity (Wildman–Crippen MR) is 96.2 cm³/mol. The Morgan fingerprint density at radius 3 is 2.68 bits per heavy atom. The van der Waals surface area contributed by atoms with Crippen molar-refractivity contribution < 1.29 is 22.7 Å². The topological polar surface area (TPSA) is 102 Å². The molecule has 0 atom stereocenters. The summed E-state index contributed by atoms with van der Waals surface area (Å²) in [5.74, 6) is -0.841. The van der Waals surface area contributed by atoms with E-state index in [9.17, 15) is 18.0 Å². The first-order chi connectivity index (χ1) is 11.6. The minimum Gasteiger partial charge on any atom is -0.427 e. The van der Waals surface area contributed by atoms with E-state index in [1.54, 1.807) is 5.38 Å². The van der Waals surface area contributed by atoms with Crippen molar-refractivity contribution in [3.05, 3.63) is 39.9 Å². The molecule has 0 fully saturated rings. The summed E-state index contributed by atoms with van der Waals surface area (Å²) in [6.45, 7) is 1.24. The van der Waals surface area contributed by atoms with Crippen LogP contribution < -0.4 is 10.1 Å². The van der Waals surface area contributed by atoms with Crippen LogP contribution in [-0.2, 0) is 21.1 Å². The normalized spacial score (nSPS) is 11.2. The molecule has 7 nitrogen and oxygen atoms in total. The van der Waals surface area contributed by atoms with E-state index < -0.39 is 21.7 Å². The zero-order valence-electron chi connectivity index (χ0n) is 13.4. The quantitative estimate of drug-likeness (QED) is 0.588. The maximum atomic E-state index is 12.3. The van der Waals surface area contributed by atoms with Crippen LogP contribution in [0.4, 0.5) is 5.13 Å². The number of anilines is 1. The fraction of sp³-hybridized carbons (Fsp3) is 0.267. The van der Waals surface area contributed by atoms with Crippen LogP contribution in [0.15, 0.2) is 23.6 Å². The molecule has 0 aliphatic rings. The molecule has 0 aliphatic heterocycles. The van der Waals surface area contributed by atoms with Crippen molar-refractivity contribution in [3.63, 3.8) is 0 Å². The zero-order chi connectivity index (χ0) is 18.6. The van der Waals surface area contributed by atoms with Crippen LogP contribution in [0.1, 0.15) is 23.0 Å². The van der Waals surface area contributed by atoms with Gasteiger partial charge in [0.25, 0.3) is 5.91 Å². The molecule has 0 radical (unpaired) electrons. The van der Waals surface area contributed by atoms with Gasteiger partial charge in [0.1, 0.15) is 15.6 Å². The molecular formula is C15H15ClN2O5S2. The molecule has 0 saturated carbocycles. The number of hydrogen-bond donors (Lipinski definition) is 1. The molecular weight excluding hydrogens is 388 g/mol. The Hall–Kier alpha value is -1.97. The number of thiazole rings is 1. The summed E-state index contributed by atoms with van der Waals surface area (Å²) in [6, 6.07) is 4.25.